The van der Waals surface area contributed by atoms with E-state index in [1.807, 2.05) is 48.5 Å². The number of hydrogen-bond acceptors (Lipinski definition) is 4. The molecule has 4 nitrogen and oxygen atoms in total. The number of pyridine rings is 1. The second kappa shape index (κ2) is 7.42. The number of methoxy groups -OCH3 is 1. The molecule has 0 fully saturated rings. The fraction of sp³-hybridized carbons (Fsp3) is 0.100. The molecule has 0 N–H and O–H groups in total. The summed E-state index contributed by atoms with van der Waals surface area (Å²) >= 11 is 0. The van der Waals surface area contributed by atoms with Crippen LogP contribution in [0.25, 0.3) is 11.1 Å². The molecule has 0 saturated heterocycles. The molecule has 24 heavy (non-hydrogen) atoms. The van der Waals surface area contributed by atoms with Gasteiger partial charge in [-0.3, -0.25) is 4.79 Å². The van der Waals surface area contributed by atoms with Crippen LogP contribution in [0.2, 0.25) is 0 Å². The Morgan fingerprint density at radius 3 is 2.50 bits per heavy atom. The van der Waals surface area contributed by atoms with Gasteiger partial charge in [0, 0.05) is 23.4 Å². The average molecular weight is 319 g/mol. The minimum atomic E-state index is 0.474. The van der Waals surface area contributed by atoms with Crippen LogP contribution < -0.4 is 9.47 Å². The van der Waals surface area contributed by atoms with Crippen molar-refractivity contribution in [3.8, 4) is 22.8 Å². The highest BCUT2D eigenvalue weighted by Gasteiger charge is 2.05. The van der Waals surface area contributed by atoms with Crippen LogP contribution in [0.5, 0.6) is 11.6 Å². The lowest BCUT2D eigenvalue weighted by Gasteiger charge is -2.08. The van der Waals surface area contributed by atoms with Crippen LogP contribution in [0.15, 0.2) is 66.9 Å². The Morgan fingerprint density at radius 2 is 1.83 bits per heavy atom. The molecule has 0 unspecified atom stereocenters. The van der Waals surface area contributed by atoms with Gasteiger partial charge in [0.05, 0.1) is 7.11 Å². The highest BCUT2D eigenvalue weighted by atomic mass is 16.5. The van der Waals surface area contributed by atoms with Gasteiger partial charge >= 0.3 is 0 Å². The molecular formula is C20H17NO3. The van der Waals surface area contributed by atoms with Crippen LogP contribution >= 0.6 is 0 Å². The Labute approximate surface area is 140 Å². The Bertz CT molecular complexity index is 814. The van der Waals surface area contributed by atoms with Crippen molar-refractivity contribution < 1.29 is 14.3 Å². The third kappa shape index (κ3) is 3.79. The normalized spacial score (nSPS) is 10.2. The van der Waals surface area contributed by atoms with Gasteiger partial charge in [0.25, 0.3) is 0 Å². The summed E-state index contributed by atoms with van der Waals surface area (Å²) in [5.74, 6) is 1.19. The molecule has 0 saturated carbocycles. The zero-order valence-electron chi connectivity index (χ0n) is 13.3. The van der Waals surface area contributed by atoms with Gasteiger partial charge in [0.1, 0.15) is 18.6 Å². The van der Waals surface area contributed by atoms with E-state index in [0.29, 0.717) is 23.8 Å². The Kier molecular flexibility index (Phi) is 4.87. The molecule has 1 aromatic heterocycles. The molecule has 0 aliphatic carbocycles. The van der Waals surface area contributed by atoms with Crippen molar-refractivity contribution in [2.45, 2.75) is 6.61 Å². The third-order valence-corrected chi connectivity index (χ3v) is 3.60. The number of hydrogen-bond donors (Lipinski definition) is 0. The fourth-order valence-corrected chi connectivity index (χ4v) is 2.34. The molecule has 3 rings (SSSR count). The number of carbonyl (C=O) groups excluding carboxylic acids is 1. The summed E-state index contributed by atoms with van der Waals surface area (Å²) in [6, 6.07) is 19.0. The zero-order chi connectivity index (χ0) is 16.8. The molecule has 3 aromatic rings. The van der Waals surface area contributed by atoms with Crippen LogP contribution in [-0.4, -0.2) is 18.4 Å². The van der Waals surface area contributed by atoms with E-state index in [2.05, 4.69) is 4.98 Å². The van der Waals surface area contributed by atoms with Crippen molar-refractivity contribution in [1.82, 2.24) is 4.98 Å². The lowest BCUT2D eigenvalue weighted by atomic mass is 10.0. The topological polar surface area (TPSA) is 48.4 Å². The molecule has 1 heterocycles. The van der Waals surface area contributed by atoms with Gasteiger partial charge < -0.3 is 9.47 Å². The number of carbonyl (C=O) groups is 1. The Morgan fingerprint density at radius 1 is 1.00 bits per heavy atom. The van der Waals surface area contributed by atoms with Crippen molar-refractivity contribution >= 4 is 6.29 Å². The summed E-state index contributed by atoms with van der Waals surface area (Å²) in [5.41, 5.74) is 3.42. The average Bonchev–Trinajstić information content (AvgIpc) is 2.67. The first-order chi connectivity index (χ1) is 11.8. The van der Waals surface area contributed by atoms with Crippen molar-refractivity contribution in [1.29, 1.82) is 0 Å². The predicted octanol–water partition coefficient (Wildman–Crippen LogP) is 4.15. The Hall–Kier alpha value is -3.14. The molecule has 0 atom stereocenters. The van der Waals surface area contributed by atoms with Crippen LogP contribution in [0.1, 0.15) is 15.9 Å². The maximum absolute atomic E-state index is 11.0. The number of benzene rings is 2. The molecule has 2 aromatic carbocycles. The monoisotopic (exact) mass is 319 g/mol. The first kappa shape index (κ1) is 15.7. The molecule has 0 aliphatic rings. The minimum Gasteiger partial charge on any atom is -0.497 e. The standard InChI is InChI=1S/C20H17NO3/c1-23-19-10-16(13-22)9-18(11-19)17-7-8-20(21-12-17)24-14-15-5-3-2-4-6-15/h2-13H,14H2,1H3. The van der Waals surface area contributed by atoms with Gasteiger partial charge in [-0.05, 0) is 35.4 Å². The quantitative estimate of drug-likeness (QED) is 0.640. The van der Waals surface area contributed by atoms with Gasteiger partial charge in [-0.25, -0.2) is 4.98 Å². The number of aromatic nitrogens is 1. The fourth-order valence-electron chi connectivity index (χ4n) is 2.34. The van der Waals surface area contributed by atoms with Gasteiger partial charge in [0.15, 0.2) is 0 Å². The van der Waals surface area contributed by atoms with E-state index >= 15 is 0 Å². The van der Waals surface area contributed by atoms with Crippen molar-refractivity contribution in [3.63, 3.8) is 0 Å². The van der Waals surface area contributed by atoms with E-state index in [-0.39, 0.29) is 0 Å². The van der Waals surface area contributed by atoms with Crippen molar-refractivity contribution in [2.24, 2.45) is 0 Å². The number of aldehydes is 1. The van der Waals surface area contributed by atoms with E-state index in [0.717, 1.165) is 23.0 Å². The molecule has 4 heteroatoms. The van der Waals surface area contributed by atoms with E-state index in [9.17, 15) is 4.79 Å². The van der Waals surface area contributed by atoms with E-state index in [1.54, 1.807) is 25.4 Å². The van der Waals surface area contributed by atoms with Gasteiger partial charge in [-0.1, -0.05) is 30.3 Å². The summed E-state index contributed by atoms with van der Waals surface area (Å²) in [6.45, 7) is 0.474. The van der Waals surface area contributed by atoms with Crippen LogP contribution in [0.3, 0.4) is 0 Å². The van der Waals surface area contributed by atoms with Crippen LogP contribution in [0.4, 0.5) is 0 Å². The van der Waals surface area contributed by atoms with Gasteiger partial charge in [-0.2, -0.15) is 0 Å². The maximum Gasteiger partial charge on any atom is 0.213 e. The summed E-state index contributed by atoms with van der Waals surface area (Å²) < 4.78 is 10.9. The molecule has 0 bridgehead atoms. The largest absolute Gasteiger partial charge is 0.497 e. The molecule has 0 radical (unpaired) electrons. The summed E-state index contributed by atoms with van der Waals surface area (Å²) in [5, 5.41) is 0. The predicted molar refractivity (Wildman–Crippen MR) is 92.4 cm³/mol. The second-order valence-corrected chi connectivity index (χ2v) is 5.27. The Balaban J connectivity index is 1.76. The molecule has 0 aliphatic heterocycles. The van der Waals surface area contributed by atoms with Crippen LogP contribution in [0, 0.1) is 0 Å². The number of rotatable bonds is 6. The smallest absolute Gasteiger partial charge is 0.213 e. The van der Waals surface area contributed by atoms with Crippen molar-refractivity contribution in [2.75, 3.05) is 7.11 Å². The highest BCUT2D eigenvalue weighted by molar-refractivity contribution is 5.80. The lowest BCUT2D eigenvalue weighted by molar-refractivity contribution is 0.112. The van der Waals surface area contributed by atoms with Gasteiger partial charge in [0.2, 0.25) is 5.88 Å². The molecule has 0 spiro atoms. The zero-order valence-corrected chi connectivity index (χ0v) is 13.3. The SMILES string of the molecule is COc1cc(C=O)cc(-c2ccc(OCc3ccccc3)nc2)c1. The summed E-state index contributed by atoms with van der Waals surface area (Å²) in [4.78, 5) is 15.4. The van der Waals surface area contributed by atoms with Crippen molar-refractivity contribution in [3.05, 3.63) is 78.0 Å². The van der Waals surface area contributed by atoms with E-state index < -0.39 is 0 Å². The number of nitrogens with zero attached hydrogens (tertiary/aromatic N) is 1. The van der Waals surface area contributed by atoms with Gasteiger partial charge in [-0.15, -0.1) is 0 Å². The third-order valence-electron chi connectivity index (χ3n) is 3.60. The lowest BCUT2D eigenvalue weighted by Crippen LogP contribution is -1.97. The van der Waals surface area contributed by atoms with Crippen LogP contribution in [-0.2, 0) is 6.61 Å². The highest BCUT2D eigenvalue weighted by Crippen LogP contribution is 2.26. The summed E-state index contributed by atoms with van der Waals surface area (Å²) in [7, 11) is 1.58. The first-order valence-electron chi connectivity index (χ1n) is 7.56. The molecule has 120 valence electrons. The first-order valence-corrected chi connectivity index (χ1v) is 7.56. The second-order valence-electron chi connectivity index (χ2n) is 5.27. The maximum atomic E-state index is 11.0. The minimum absolute atomic E-state index is 0.474. The summed E-state index contributed by atoms with van der Waals surface area (Å²) in [6.07, 6.45) is 2.53. The molecule has 0 amide bonds. The van der Waals surface area contributed by atoms with E-state index in [1.165, 1.54) is 0 Å². The molecular weight excluding hydrogens is 302 g/mol. The van der Waals surface area contributed by atoms with E-state index in [4.69, 9.17) is 9.47 Å². The number of ether oxygens (including phenoxy) is 2.